The molecule has 12 rings (SSSR count). The van der Waals surface area contributed by atoms with E-state index in [4.69, 9.17) is 40.3 Å². The fourth-order valence-corrected chi connectivity index (χ4v) is 12.3. The number of esters is 3. The number of nitrogens with one attached hydrogen (secondary N) is 2. The number of aromatic nitrogens is 3. The Morgan fingerprint density at radius 3 is 1.01 bits per heavy atom. The molecule has 3 aromatic heterocycles. The molecule has 3 atom stereocenters. The highest BCUT2D eigenvalue weighted by Crippen LogP contribution is 2.38. The van der Waals surface area contributed by atoms with Crippen molar-refractivity contribution in [3.8, 4) is 51.0 Å². The second-order valence-electron chi connectivity index (χ2n) is 33.2. The summed E-state index contributed by atoms with van der Waals surface area (Å²) in [6.07, 6.45) is -0.341. The lowest BCUT2D eigenvalue weighted by molar-refractivity contribution is -0.132. The number of pyridine rings is 3. The Hall–Kier alpha value is -11.6. The van der Waals surface area contributed by atoms with Crippen LogP contribution in [0.1, 0.15) is 211 Å². The smallest absolute Gasteiger partial charge is 0.408 e. The van der Waals surface area contributed by atoms with Crippen LogP contribution >= 0.6 is 12.4 Å². The van der Waals surface area contributed by atoms with Gasteiger partial charge in [0.25, 0.3) is 0 Å². The second-order valence-corrected chi connectivity index (χ2v) is 33.2. The third kappa shape index (κ3) is 24.7. The number of halogens is 4. The van der Waals surface area contributed by atoms with Gasteiger partial charge in [-0.25, -0.2) is 42.5 Å². The number of alkyl carbamates (subject to hydrolysis) is 2. The number of benzene rings is 6. The predicted octanol–water partition coefficient (Wildman–Crippen LogP) is 15.5. The van der Waals surface area contributed by atoms with Crippen molar-refractivity contribution in [2.45, 2.75) is 193 Å². The Balaban J connectivity index is 0.000000206. The summed E-state index contributed by atoms with van der Waals surface area (Å²) in [6.45, 7) is 26.3. The van der Waals surface area contributed by atoms with Gasteiger partial charge in [-0.1, -0.05) is 30.3 Å². The number of hydrogen-bond donors (Lipinski definition) is 8. The topological polar surface area (TPSA) is 378 Å². The number of nitrogens with zero attached hydrogens (tertiary/aromatic N) is 3. The van der Waals surface area contributed by atoms with Gasteiger partial charge in [0.15, 0.2) is 11.6 Å². The molecule has 0 spiro atoms. The number of aromatic carboxylic acids is 1. The van der Waals surface area contributed by atoms with E-state index in [9.17, 15) is 66.8 Å². The number of nitrogens with two attached hydrogens (primary N) is 2. The summed E-state index contributed by atoms with van der Waals surface area (Å²) in [6, 6.07) is 42.4. The first kappa shape index (κ1) is 91.9. The Morgan fingerprint density at radius 2 is 0.712 bits per heavy atom. The third-order valence-corrected chi connectivity index (χ3v) is 19.2. The Morgan fingerprint density at radius 1 is 0.424 bits per heavy atom. The summed E-state index contributed by atoms with van der Waals surface area (Å²) in [5.74, 6) is -2.42. The van der Waals surface area contributed by atoms with E-state index in [0.29, 0.717) is 84.7 Å². The lowest BCUT2D eigenvalue weighted by Crippen LogP contribution is -2.44. The van der Waals surface area contributed by atoms with Gasteiger partial charge in [-0.3, -0.25) is 24.0 Å². The molecule has 0 saturated carbocycles. The minimum absolute atomic E-state index is 0. The summed E-state index contributed by atoms with van der Waals surface area (Å²) >= 11 is 0. The molecule has 0 saturated heterocycles. The lowest BCUT2D eigenvalue weighted by atomic mass is 9.87. The monoisotopic (exact) mass is 1640 g/mol. The molecule has 3 unspecified atom stereocenters. The standard InChI is InChI=1S/C32H35FN2O6.C27H27FN2O4.C22H30FN3O3.C9H6O4.ClH/c1-30(2,3)41-29(38)35-31(4,5)22-17-24(19-9-11-23(33)12-10-19)34-27(18-22)32(6,39)14-13-25(36)20-7-8-21-16-28(37)40-26(21)15-20;1-26(2,29)19-14-21(16-6-8-20(28)9-7-16)30-24(15-19)27(3,33)11-10-22(31)17-4-5-18-13-25(32)34-23(18)12-17;1-20(2,3)29-19(27)26-21(4,5)15-11-17(14-7-9-16(23)10-8-14)25-18(12-15)22(6,28)13-24;10-8-4-5-1-2-6(9(11)12)3-7(5)13-8;/h7-12,15,17-18,39H,13-14,16H2,1-6H3,(H,35,38);4-9,12,14-15,33H,10-11,13,29H2,1-3H3;7-12,28H,13,24H2,1-6H3,(H,26,27);1-3H,4H2,(H,11,12);1H. The molecule has 0 fully saturated rings. The van der Waals surface area contributed by atoms with E-state index in [-0.39, 0.29) is 116 Å². The molecular formula is C90H99ClF3N7O17. The fourth-order valence-electron chi connectivity index (χ4n) is 12.3. The number of hydrogen-bond acceptors (Lipinski definition) is 21. The first-order valence-electron chi connectivity index (χ1n) is 37.7. The minimum Gasteiger partial charge on any atom is -0.478 e. The van der Waals surface area contributed by atoms with Crippen LogP contribution in [0.5, 0.6) is 17.2 Å². The molecule has 10 N–H and O–H groups in total. The number of fused-ring (bicyclic) bond motifs is 3. The van der Waals surface area contributed by atoms with Crippen molar-refractivity contribution in [3.05, 3.63) is 248 Å². The third-order valence-electron chi connectivity index (χ3n) is 19.2. The molecule has 0 radical (unpaired) electrons. The SMILES string of the molecule is CC(C)(C)OC(=O)NC(C)(C)c1cc(-c2ccc(F)cc2)nc(C(C)(O)CCC(=O)c2ccc3c(c2)OC(=O)C3)c1.CC(C)(C)OC(=O)NC(C)(C)c1cc(-c2ccc(F)cc2)nc(C(C)(O)CN)c1.CC(C)(N)c1cc(-c2ccc(F)cc2)nc(C(C)(O)CCC(=O)c2ccc3c(c2)OC(=O)C3)c1.Cl.O=C1Cc2ccc(C(=O)O)cc2O1. The molecule has 2 amide bonds. The lowest BCUT2D eigenvalue weighted by Gasteiger charge is -2.31. The van der Waals surface area contributed by atoms with E-state index in [2.05, 4.69) is 25.6 Å². The molecular weight excluding hydrogens is 1540 g/mol. The van der Waals surface area contributed by atoms with Gasteiger partial charge < -0.3 is 66.2 Å². The molecule has 118 heavy (non-hydrogen) atoms. The molecule has 3 aliphatic heterocycles. The maximum atomic E-state index is 13.6. The number of aliphatic hydroxyl groups is 3. The molecule has 28 heteroatoms. The summed E-state index contributed by atoms with van der Waals surface area (Å²) in [7, 11) is 0. The van der Waals surface area contributed by atoms with Gasteiger partial charge in [-0.2, -0.15) is 0 Å². The zero-order valence-corrected chi connectivity index (χ0v) is 69.2. The quantitative estimate of drug-likeness (QED) is 0.0188. The van der Waals surface area contributed by atoms with E-state index < -0.39 is 68.6 Å². The normalized spacial score (nSPS) is 14.4. The second kappa shape index (κ2) is 36.5. The molecule has 6 aromatic carbocycles. The van der Waals surface area contributed by atoms with Crippen LogP contribution in [0.3, 0.4) is 0 Å². The Kier molecular flexibility index (Phi) is 28.4. The van der Waals surface area contributed by atoms with Crippen LogP contribution in [0.4, 0.5) is 22.8 Å². The average Bonchev–Trinajstić information content (AvgIpc) is 1.16. The van der Waals surface area contributed by atoms with Gasteiger partial charge in [-0.15, -0.1) is 12.4 Å². The summed E-state index contributed by atoms with van der Waals surface area (Å²) < 4.78 is 66.3. The maximum Gasteiger partial charge on any atom is 0.408 e. The number of ether oxygens (including phenoxy) is 5. The number of carbonyl (C=O) groups excluding carboxylic acids is 7. The highest BCUT2D eigenvalue weighted by molar-refractivity contribution is 5.98. The number of ketones is 2. The number of carbonyl (C=O) groups is 8. The van der Waals surface area contributed by atoms with Crippen LogP contribution in [-0.4, -0.2) is 101 Å². The minimum atomic E-state index is -1.54. The van der Waals surface area contributed by atoms with E-state index in [1.807, 2.05) is 33.8 Å². The van der Waals surface area contributed by atoms with Gasteiger partial charge in [0.1, 0.15) is 62.7 Å². The highest BCUT2D eigenvalue weighted by Gasteiger charge is 2.36. The predicted molar refractivity (Wildman–Crippen MR) is 437 cm³/mol. The number of carboxylic acid groups (broad SMARTS) is 1. The first-order valence-corrected chi connectivity index (χ1v) is 37.7. The van der Waals surface area contributed by atoms with Crippen molar-refractivity contribution in [2.75, 3.05) is 6.54 Å². The zero-order valence-electron chi connectivity index (χ0n) is 68.4. The van der Waals surface area contributed by atoms with Crippen molar-refractivity contribution in [1.82, 2.24) is 25.6 Å². The molecule has 0 aliphatic carbocycles. The summed E-state index contributed by atoms with van der Waals surface area (Å²) in [4.78, 5) is 109. The number of rotatable bonds is 21. The van der Waals surface area contributed by atoms with Crippen LogP contribution in [0.2, 0.25) is 0 Å². The first-order chi connectivity index (χ1) is 54.3. The van der Waals surface area contributed by atoms with E-state index in [1.165, 1.54) is 48.5 Å². The van der Waals surface area contributed by atoms with E-state index >= 15 is 0 Å². The van der Waals surface area contributed by atoms with Gasteiger partial charge in [0, 0.05) is 69.4 Å². The van der Waals surface area contributed by atoms with E-state index in [0.717, 1.165) is 22.3 Å². The van der Waals surface area contributed by atoms with Crippen molar-refractivity contribution in [3.63, 3.8) is 0 Å². The van der Waals surface area contributed by atoms with Gasteiger partial charge in [0.05, 0.1) is 70.1 Å². The van der Waals surface area contributed by atoms with Crippen LogP contribution in [-0.2, 0) is 76.5 Å². The Bertz CT molecular complexity index is 5270. The molecule has 624 valence electrons. The van der Waals surface area contributed by atoms with Crippen molar-refractivity contribution >= 4 is 60.0 Å². The van der Waals surface area contributed by atoms with E-state index in [1.54, 1.807) is 185 Å². The van der Waals surface area contributed by atoms with Crippen LogP contribution < -0.4 is 36.3 Å². The van der Waals surface area contributed by atoms with Gasteiger partial charge in [0.2, 0.25) is 0 Å². The van der Waals surface area contributed by atoms with Crippen molar-refractivity contribution in [1.29, 1.82) is 0 Å². The molecule has 6 heterocycles. The highest BCUT2D eigenvalue weighted by atomic mass is 35.5. The van der Waals surface area contributed by atoms with Crippen LogP contribution in [0.25, 0.3) is 33.8 Å². The molecule has 3 aliphatic rings. The Labute approximate surface area is 688 Å². The zero-order chi connectivity index (χ0) is 86.3. The fraction of sp³-hybridized carbons (Fsp3) is 0.344. The maximum absolute atomic E-state index is 13.6. The number of Topliss-reactive ketones (excluding diaryl/α,β-unsaturated/α-hetero) is 2. The average molecular weight is 1640 g/mol. The molecule has 0 bridgehead atoms. The molecule has 24 nitrogen and oxygen atoms in total. The molecule has 9 aromatic rings. The largest absolute Gasteiger partial charge is 0.478 e. The van der Waals surface area contributed by atoms with Gasteiger partial charge >= 0.3 is 36.1 Å². The van der Waals surface area contributed by atoms with Crippen molar-refractivity contribution in [2.24, 2.45) is 11.5 Å². The van der Waals surface area contributed by atoms with Crippen molar-refractivity contribution < 1.29 is 95.6 Å². The van der Waals surface area contributed by atoms with Gasteiger partial charge in [-0.05, 0) is 267 Å². The van der Waals surface area contributed by atoms with Crippen LogP contribution in [0, 0.1) is 17.5 Å². The summed E-state index contributed by atoms with van der Waals surface area (Å²) in [5, 5.41) is 47.9. The number of carboxylic acids is 1. The number of amides is 2. The summed E-state index contributed by atoms with van der Waals surface area (Å²) in [5.41, 5.74) is 13.7. The van der Waals surface area contributed by atoms with Crippen LogP contribution in [0.15, 0.2) is 164 Å².